The predicted octanol–water partition coefficient (Wildman–Crippen LogP) is 20.3. The monoisotopic (exact) mass is 1130 g/mol. The zero-order valence-corrected chi connectivity index (χ0v) is 48.6. The van der Waals surface area contributed by atoms with E-state index in [4.69, 9.17) is 0 Å². The van der Waals surface area contributed by atoms with Crippen LogP contribution in [0.4, 0.5) is 34.1 Å². The number of benzene rings is 14. The zero-order chi connectivity index (χ0) is 58.5. The molecule has 2 aliphatic rings. The van der Waals surface area contributed by atoms with E-state index in [1.807, 2.05) is 0 Å². The Morgan fingerprint density at radius 3 is 1.04 bits per heavy atom. The summed E-state index contributed by atoms with van der Waals surface area (Å²) < 4.78 is 4.81. The van der Waals surface area contributed by atoms with E-state index in [1.54, 1.807) is 0 Å². The van der Waals surface area contributed by atoms with Crippen LogP contribution in [0.5, 0.6) is 0 Å². The van der Waals surface area contributed by atoms with Crippen LogP contribution in [-0.2, 0) is 0 Å². The Kier molecular flexibility index (Phi) is 11.7. The summed E-state index contributed by atoms with van der Waals surface area (Å²) in [5.74, 6) is 0. The summed E-state index contributed by atoms with van der Waals surface area (Å²) in [5.41, 5.74) is 29.3. The summed E-state index contributed by atoms with van der Waals surface area (Å²) in [4.78, 5) is 5.13. The molecule has 0 saturated heterocycles. The minimum absolute atomic E-state index is 0.130. The molecular formula is C84H55BN4. The normalized spacial score (nSPS) is 12.4. The first-order valence-corrected chi connectivity index (χ1v) is 30.8. The third-order valence-corrected chi connectivity index (χ3v) is 18.7. The topological polar surface area (TPSA) is 16.3 Å². The van der Waals surface area contributed by atoms with Gasteiger partial charge in [-0.15, -0.1) is 0 Å². The van der Waals surface area contributed by atoms with Crippen molar-refractivity contribution in [2.75, 3.05) is 9.80 Å². The van der Waals surface area contributed by atoms with Crippen molar-refractivity contribution in [2.45, 2.75) is 0 Å². The van der Waals surface area contributed by atoms with Crippen molar-refractivity contribution < 1.29 is 0 Å². The molecule has 0 N–H and O–H groups in total. The number of nitrogens with zero attached hydrogens (tertiary/aromatic N) is 4. The van der Waals surface area contributed by atoms with Gasteiger partial charge in [0.15, 0.2) is 0 Å². The first kappa shape index (κ1) is 50.6. The predicted molar refractivity (Wildman–Crippen MR) is 376 cm³/mol. The Balaban J connectivity index is 0.910. The molecule has 2 aromatic heterocycles. The Morgan fingerprint density at radius 1 is 0.191 bits per heavy atom. The van der Waals surface area contributed by atoms with Crippen LogP contribution < -0.4 is 26.2 Å². The van der Waals surface area contributed by atoms with Gasteiger partial charge in [0.05, 0.1) is 22.1 Å². The van der Waals surface area contributed by atoms with Gasteiger partial charge < -0.3 is 18.9 Å². The first-order chi connectivity index (χ1) is 44.1. The molecule has 0 aliphatic carbocycles. The SMILES string of the molecule is c1ccc(-c2ccc(N3c4ccc(-c5ccccc5)cc4B4c5ccc(-c6ccc7c(c6)c6ccccc6n7-c6ccccc6)cc5N(c5ccc(-c6ccccc6)cc5)c5cc(-c6ccc7c(c6)c6ccccc6n7-c6ccccc6)cc3c54)cc2)cc1. The van der Waals surface area contributed by atoms with Gasteiger partial charge in [0.25, 0.3) is 6.71 Å². The van der Waals surface area contributed by atoms with Crippen molar-refractivity contribution in [2.24, 2.45) is 0 Å². The number of hydrogen-bond donors (Lipinski definition) is 0. The number of fused-ring (bicyclic) bond motifs is 10. The van der Waals surface area contributed by atoms with Crippen molar-refractivity contribution in [1.82, 2.24) is 9.13 Å². The Labute approximate surface area is 517 Å². The van der Waals surface area contributed by atoms with Gasteiger partial charge in [0, 0.05) is 67.0 Å². The molecule has 0 bridgehead atoms. The van der Waals surface area contributed by atoms with E-state index in [1.165, 1.54) is 98.9 Å². The number of anilines is 6. The molecule has 0 atom stereocenters. The van der Waals surface area contributed by atoms with E-state index in [2.05, 4.69) is 353 Å². The van der Waals surface area contributed by atoms with Gasteiger partial charge in [-0.25, -0.2) is 0 Å². The summed E-state index contributed by atoms with van der Waals surface area (Å²) in [6.45, 7) is -0.130. The van der Waals surface area contributed by atoms with Crippen LogP contribution in [0.3, 0.4) is 0 Å². The van der Waals surface area contributed by atoms with E-state index >= 15 is 0 Å². The lowest BCUT2D eigenvalue weighted by molar-refractivity contribution is 1.18. The van der Waals surface area contributed by atoms with Gasteiger partial charge >= 0.3 is 0 Å². The smallest absolute Gasteiger partial charge is 0.252 e. The van der Waals surface area contributed by atoms with Crippen LogP contribution in [0.1, 0.15) is 0 Å². The van der Waals surface area contributed by atoms with E-state index in [0.29, 0.717) is 0 Å². The molecular weight excluding hydrogens is 1080 g/mol. The maximum absolute atomic E-state index is 2.58. The van der Waals surface area contributed by atoms with Gasteiger partial charge in [-0.05, 0) is 181 Å². The molecule has 18 rings (SSSR count). The molecule has 4 nitrogen and oxygen atoms in total. The molecule has 4 heterocycles. The van der Waals surface area contributed by atoms with Crippen LogP contribution in [0, 0.1) is 0 Å². The van der Waals surface area contributed by atoms with Crippen LogP contribution in [-0.4, -0.2) is 15.8 Å². The molecule has 0 radical (unpaired) electrons. The maximum Gasteiger partial charge on any atom is 0.252 e. The second-order valence-corrected chi connectivity index (χ2v) is 23.6. The zero-order valence-electron chi connectivity index (χ0n) is 48.6. The average Bonchev–Trinajstić information content (AvgIpc) is 1.45. The second kappa shape index (κ2) is 20.5. The molecule has 2 aliphatic heterocycles. The molecule has 0 saturated carbocycles. The number of hydrogen-bond acceptors (Lipinski definition) is 2. The van der Waals surface area contributed by atoms with Crippen molar-refractivity contribution in [1.29, 1.82) is 0 Å². The van der Waals surface area contributed by atoms with Crippen LogP contribution in [0.15, 0.2) is 334 Å². The van der Waals surface area contributed by atoms with Crippen LogP contribution in [0.25, 0.3) is 111 Å². The lowest BCUT2D eigenvalue weighted by Gasteiger charge is -2.44. The maximum atomic E-state index is 2.58. The third kappa shape index (κ3) is 8.24. The quantitative estimate of drug-likeness (QED) is 0.134. The highest BCUT2D eigenvalue weighted by Gasteiger charge is 2.44. The highest BCUT2D eigenvalue weighted by atomic mass is 15.2. The lowest BCUT2D eigenvalue weighted by Crippen LogP contribution is -2.61. The molecule has 0 spiro atoms. The number of aromatic nitrogens is 2. The lowest BCUT2D eigenvalue weighted by atomic mass is 9.33. The number of rotatable bonds is 9. The van der Waals surface area contributed by atoms with E-state index in [0.717, 1.165) is 62.2 Å². The van der Waals surface area contributed by atoms with E-state index in [-0.39, 0.29) is 6.71 Å². The minimum atomic E-state index is -0.130. The molecule has 0 amide bonds. The minimum Gasteiger partial charge on any atom is -0.311 e. The third-order valence-electron chi connectivity index (χ3n) is 18.7. The Bertz CT molecular complexity index is 5410. The van der Waals surface area contributed by atoms with Crippen molar-refractivity contribution in [3.05, 3.63) is 334 Å². The van der Waals surface area contributed by atoms with Gasteiger partial charge in [-0.3, -0.25) is 0 Å². The molecule has 0 fully saturated rings. The molecule has 89 heavy (non-hydrogen) atoms. The molecule has 5 heteroatoms. The van der Waals surface area contributed by atoms with Crippen molar-refractivity contribution in [3.8, 4) is 67.0 Å². The molecule has 414 valence electrons. The molecule has 16 aromatic rings. The van der Waals surface area contributed by atoms with Gasteiger partial charge in [0.1, 0.15) is 0 Å². The Morgan fingerprint density at radius 2 is 0.539 bits per heavy atom. The highest BCUT2D eigenvalue weighted by molar-refractivity contribution is 7.00. The van der Waals surface area contributed by atoms with Crippen LogP contribution in [0.2, 0.25) is 0 Å². The summed E-state index contributed by atoms with van der Waals surface area (Å²) in [6, 6.07) is 124. The number of para-hydroxylation sites is 4. The fraction of sp³-hybridized carbons (Fsp3) is 0. The van der Waals surface area contributed by atoms with Gasteiger partial charge in [-0.2, -0.15) is 0 Å². The standard InChI is InChI=1S/C84H55BN4/c1-6-20-56(21-7-1)59-34-42-68(43-35-59)88-80-49-41-63(58-24-10-3-11-25-58)52-75(80)85-74-46-38-64(61-39-47-78-72(50-61)70-30-16-18-32-76(70)86(78)66-26-12-4-13-27-66)53-81(74)89(69-44-36-60(37-45-69)57-22-8-2-9-23-57)83-55-65(54-82(88)84(83)85)62-40-48-79-73(51-62)71-31-17-19-33-77(71)87(79)67-28-14-5-15-29-67/h1-55H. The van der Waals surface area contributed by atoms with Gasteiger partial charge in [-0.1, -0.05) is 224 Å². The van der Waals surface area contributed by atoms with E-state index < -0.39 is 0 Å². The largest absolute Gasteiger partial charge is 0.311 e. The van der Waals surface area contributed by atoms with E-state index in [9.17, 15) is 0 Å². The molecule has 14 aromatic carbocycles. The highest BCUT2D eigenvalue weighted by Crippen LogP contribution is 2.49. The summed E-state index contributed by atoms with van der Waals surface area (Å²) >= 11 is 0. The second-order valence-electron chi connectivity index (χ2n) is 23.6. The molecule has 0 unspecified atom stereocenters. The first-order valence-electron chi connectivity index (χ1n) is 30.8. The van der Waals surface area contributed by atoms with Crippen molar-refractivity contribution in [3.63, 3.8) is 0 Å². The van der Waals surface area contributed by atoms with Crippen LogP contribution >= 0.6 is 0 Å². The van der Waals surface area contributed by atoms with Crippen molar-refractivity contribution >= 4 is 101 Å². The summed E-state index contributed by atoms with van der Waals surface area (Å²) in [6.07, 6.45) is 0. The Hall–Kier alpha value is -11.7. The van der Waals surface area contributed by atoms with Gasteiger partial charge in [0.2, 0.25) is 0 Å². The summed E-state index contributed by atoms with van der Waals surface area (Å²) in [5, 5.41) is 4.89. The summed E-state index contributed by atoms with van der Waals surface area (Å²) in [7, 11) is 0. The average molecular weight is 1130 g/mol. The fourth-order valence-electron chi connectivity index (χ4n) is 14.6. The fourth-order valence-corrected chi connectivity index (χ4v) is 14.6.